The smallest absolute Gasteiger partial charge is 0.220 e. The third kappa shape index (κ3) is 10.7. The van der Waals surface area contributed by atoms with Gasteiger partial charge in [-0.1, -0.05) is 45.4 Å². The lowest BCUT2D eigenvalue weighted by molar-refractivity contribution is -0.122. The maximum atomic E-state index is 11.6. The van der Waals surface area contributed by atoms with E-state index >= 15 is 0 Å². The Labute approximate surface area is 117 Å². The third-order valence-corrected chi connectivity index (χ3v) is 3.35. The first-order valence-electron chi connectivity index (χ1n) is 7.56. The van der Waals surface area contributed by atoms with E-state index in [4.69, 9.17) is 0 Å². The van der Waals surface area contributed by atoms with Gasteiger partial charge in [0, 0.05) is 13.0 Å². The van der Waals surface area contributed by atoms with Crippen molar-refractivity contribution in [1.29, 1.82) is 0 Å². The van der Waals surface area contributed by atoms with Crippen molar-refractivity contribution in [3.63, 3.8) is 0 Å². The van der Waals surface area contributed by atoms with Gasteiger partial charge in [-0.2, -0.15) is 0 Å². The van der Waals surface area contributed by atoms with Gasteiger partial charge in [0.1, 0.15) is 5.78 Å². The minimum absolute atomic E-state index is 0.0510. The Morgan fingerprint density at radius 2 is 1.58 bits per heavy atom. The molecule has 0 heterocycles. The van der Waals surface area contributed by atoms with Crippen molar-refractivity contribution in [2.24, 2.45) is 0 Å². The van der Waals surface area contributed by atoms with Gasteiger partial charge in [-0.15, -0.1) is 0 Å². The van der Waals surface area contributed by atoms with Crippen molar-refractivity contribution in [3.05, 3.63) is 0 Å². The van der Waals surface area contributed by atoms with Crippen LogP contribution in [0.2, 0.25) is 0 Å². The Kier molecular flexibility index (Phi) is 11.6. The van der Waals surface area contributed by atoms with E-state index in [-0.39, 0.29) is 17.7 Å². The number of hydrogen-bond donors (Lipinski definition) is 2. The fraction of sp³-hybridized carbons (Fsp3) is 0.867. The average molecular weight is 270 g/mol. The van der Waals surface area contributed by atoms with Crippen molar-refractivity contribution in [2.45, 2.75) is 71.3 Å². The maximum absolute atomic E-state index is 11.6. The molecule has 1 amide bonds. The van der Waals surface area contributed by atoms with Gasteiger partial charge in [-0.05, 0) is 20.4 Å². The predicted octanol–water partition coefficient (Wildman–Crippen LogP) is 2.42. The highest BCUT2D eigenvalue weighted by atomic mass is 16.1. The lowest BCUT2D eigenvalue weighted by atomic mass is 10.1. The normalized spacial score (nSPS) is 12.2. The predicted molar refractivity (Wildman–Crippen MR) is 79.1 cm³/mol. The van der Waals surface area contributed by atoms with Gasteiger partial charge in [0.25, 0.3) is 0 Å². The summed E-state index contributed by atoms with van der Waals surface area (Å²) in [6, 6.07) is -0.266. The molecule has 0 aromatic rings. The molecule has 0 bridgehead atoms. The van der Waals surface area contributed by atoms with E-state index in [0.717, 1.165) is 12.8 Å². The fourth-order valence-corrected chi connectivity index (χ4v) is 2.00. The van der Waals surface area contributed by atoms with Crippen LogP contribution in [-0.4, -0.2) is 31.3 Å². The molecule has 0 aliphatic heterocycles. The van der Waals surface area contributed by atoms with Gasteiger partial charge in [-0.3, -0.25) is 9.59 Å². The van der Waals surface area contributed by atoms with Gasteiger partial charge >= 0.3 is 0 Å². The minimum atomic E-state index is -0.266. The zero-order valence-corrected chi connectivity index (χ0v) is 12.8. The maximum Gasteiger partial charge on any atom is 0.220 e. The van der Waals surface area contributed by atoms with Crippen LogP contribution in [0.4, 0.5) is 0 Å². The van der Waals surface area contributed by atoms with Gasteiger partial charge in [0.2, 0.25) is 5.91 Å². The zero-order valence-electron chi connectivity index (χ0n) is 12.8. The van der Waals surface area contributed by atoms with E-state index in [1.807, 2.05) is 0 Å². The van der Waals surface area contributed by atoms with Crippen LogP contribution < -0.4 is 10.6 Å². The van der Waals surface area contributed by atoms with E-state index in [2.05, 4.69) is 17.6 Å². The first kappa shape index (κ1) is 18.1. The second kappa shape index (κ2) is 12.2. The Morgan fingerprint density at radius 3 is 2.11 bits per heavy atom. The van der Waals surface area contributed by atoms with Crippen molar-refractivity contribution in [3.8, 4) is 0 Å². The molecule has 19 heavy (non-hydrogen) atoms. The number of hydrogen-bond acceptors (Lipinski definition) is 3. The lowest BCUT2D eigenvalue weighted by Gasteiger charge is -2.13. The second-order valence-corrected chi connectivity index (χ2v) is 5.13. The number of unbranched alkanes of at least 4 members (excludes halogenated alkanes) is 6. The molecule has 0 saturated heterocycles. The number of likely N-dealkylation sites (N-methyl/N-ethyl adjacent to an activating group) is 1. The first-order valence-corrected chi connectivity index (χ1v) is 7.56. The number of Topliss-reactive ketones (excluding diaryl/α,β-unsaturated/α-hetero) is 1. The van der Waals surface area contributed by atoms with Crippen LogP contribution in [0.5, 0.6) is 0 Å². The van der Waals surface area contributed by atoms with Crippen LogP contribution in [0.15, 0.2) is 0 Å². The summed E-state index contributed by atoms with van der Waals surface area (Å²) in [5, 5.41) is 5.69. The number of amides is 1. The van der Waals surface area contributed by atoms with Crippen LogP contribution in [0.3, 0.4) is 0 Å². The largest absolute Gasteiger partial charge is 0.354 e. The molecular weight excluding hydrogens is 240 g/mol. The summed E-state index contributed by atoms with van der Waals surface area (Å²) in [6.07, 6.45) is 9.04. The van der Waals surface area contributed by atoms with E-state index in [1.165, 1.54) is 39.0 Å². The van der Waals surface area contributed by atoms with Gasteiger partial charge in [0.05, 0.1) is 6.04 Å². The standard InChI is InChI=1S/C15H30N2O2/c1-4-5-6-7-8-9-10-11-15(19)17-12-14(16-3)13(2)18/h14,16H,4-12H2,1-3H3,(H,17,19). The van der Waals surface area contributed by atoms with Crippen molar-refractivity contribution in [1.82, 2.24) is 10.6 Å². The summed E-state index contributed by atoms with van der Waals surface area (Å²) in [5.74, 6) is 0.105. The number of rotatable bonds is 12. The van der Waals surface area contributed by atoms with Crippen LogP contribution in [-0.2, 0) is 9.59 Å². The third-order valence-electron chi connectivity index (χ3n) is 3.35. The average Bonchev–Trinajstić information content (AvgIpc) is 2.38. The molecule has 4 heteroatoms. The molecule has 0 aromatic heterocycles. The van der Waals surface area contributed by atoms with Crippen molar-refractivity contribution in [2.75, 3.05) is 13.6 Å². The molecule has 0 aromatic carbocycles. The fourth-order valence-electron chi connectivity index (χ4n) is 2.00. The molecule has 0 aliphatic rings. The van der Waals surface area contributed by atoms with Gasteiger partial charge in [0.15, 0.2) is 0 Å². The van der Waals surface area contributed by atoms with E-state index in [1.54, 1.807) is 7.05 Å². The highest BCUT2D eigenvalue weighted by Crippen LogP contribution is 2.08. The second-order valence-electron chi connectivity index (χ2n) is 5.13. The molecule has 0 spiro atoms. The Bertz CT molecular complexity index is 255. The van der Waals surface area contributed by atoms with Crippen LogP contribution in [0, 0.1) is 0 Å². The van der Waals surface area contributed by atoms with Crippen LogP contribution in [0.1, 0.15) is 65.2 Å². The summed E-state index contributed by atoms with van der Waals surface area (Å²) >= 11 is 0. The van der Waals surface area contributed by atoms with Crippen molar-refractivity contribution < 1.29 is 9.59 Å². The summed E-state index contributed by atoms with van der Waals surface area (Å²) in [6.45, 7) is 4.13. The Hall–Kier alpha value is -0.900. The Morgan fingerprint density at radius 1 is 1.00 bits per heavy atom. The quantitative estimate of drug-likeness (QED) is 0.535. The molecule has 0 saturated carbocycles. The molecule has 2 N–H and O–H groups in total. The molecule has 4 nitrogen and oxygen atoms in total. The molecule has 0 rings (SSSR count). The molecule has 1 atom stereocenters. The van der Waals surface area contributed by atoms with Crippen LogP contribution >= 0.6 is 0 Å². The van der Waals surface area contributed by atoms with E-state index in [0.29, 0.717) is 13.0 Å². The van der Waals surface area contributed by atoms with E-state index in [9.17, 15) is 9.59 Å². The van der Waals surface area contributed by atoms with Gasteiger partial charge in [-0.25, -0.2) is 0 Å². The monoisotopic (exact) mass is 270 g/mol. The SMILES string of the molecule is CCCCCCCCCC(=O)NCC(NC)C(C)=O. The topological polar surface area (TPSA) is 58.2 Å². The number of ketones is 1. The molecule has 0 aliphatic carbocycles. The summed E-state index contributed by atoms with van der Waals surface area (Å²) in [5.41, 5.74) is 0. The summed E-state index contributed by atoms with van der Waals surface area (Å²) < 4.78 is 0. The molecule has 0 radical (unpaired) electrons. The number of nitrogens with one attached hydrogen (secondary N) is 2. The van der Waals surface area contributed by atoms with Crippen molar-refractivity contribution >= 4 is 11.7 Å². The lowest BCUT2D eigenvalue weighted by Crippen LogP contribution is -2.43. The molecule has 0 fully saturated rings. The minimum Gasteiger partial charge on any atom is -0.354 e. The first-order chi connectivity index (χ1) is 9.11. The Balaban J connectivity index is 3.46. The zero-order chi connectivity index (χ0) is 14.5. The number of carbonyl (C=O) groups excluding carboxylic acids is 2. The number of carbonyl (C=O) groups is 2. The summed E-state index contributed by atoms with van der Waals surface area (Å²) in [7, 11) is 1.73. The summed E-state index contributed by atoms with van der Waals surface area (Å²) in [4.78, 5) is 22.7. The molecule has 112 valence electrons. The molecular formula is C15H30N2O2. The van der Waals surface area contributed by atoms with Crippen LogP contribution in [0.25, 0.3) is 0 Å². The van der Waals surface area contributed by atoms with Gasteiger partial charge < -0.3 is 10.6 Å². The highest BCUT2D eigenvalue weighted by molar-refractivity contribution is 5.83. The highest BCUT2D eigenvalue weighted by Gasteiger charge is 2.12. The van der Waals surface area contributed by atoms with E-state index < -0.39 is 0 Å². The molecule has 1 unspecified atom stereocenters.